The molecule has 6 N–H and O–H groups in total. The highest BCUT2D eigenvalue weighted by Crippen LogP contribution is 2.66. The van der Waals surface area contributed by atoms with Crippen LogP contribution in [0, 0.1) is 48.9 Å². The number of nitrogens with zero attached hydrogens (tertiary/aromatic N) is 4. The number of hydrogen-bond acceptors (Lipinski definition) is 19. The number of H-pyrrole nitrogens is 1. The maximum atomic E-state index is 12.4. The molecule has 0 saturated heterocycles. The number of rotatable bonds is 26. The Hall–Kier alpha value is -5.68. The van der Waals surface area contributed by atoms with E-state index in [0.717, 1.165) is 33.1 Å². The third-order valence-electron chi connectivity index (χ3n) is 8.72. The lowest BCUT2D eigenvalue weighted by Gasteiger charge is -2.19. The Morgan fingerprint density at radius 3 is 1.99 bits per heavy atom. The summed E-state index contributed by atoms with van der Waals surface area (Å²) in [5.74, 6) is 12.7. The zero-order valence-corrected chi connectivity index (χ0v) is 40.0. The van der Waals surface area contributed by atoms with Gasteiger partial charge in [0.05, 0.1) is 71.1 Å². The van der Waals surface area contributed by atoms with Crippen LogP contribution >= 0.6 is 23.5 Å². The Morgan fingerprint density at radius 2 is 1.39 bits per heavy atom. The highest BCUT2D eigenvalue weighted by molar-refractivity contribution is 7.66. The van der Waals surface area contributed by atoms with E-state index in [0.29, 0.717) is 62.8 Å². The van der Waals surface area contributed by atoms with Gasteiger partial charge in [-0.2, -0.15) is 18.9 Å². The maximum Gasteiger partial charge on any atom is 0.490 e. The molecule has 0 aliphatic carbocycles. The van der Waals surface area contributed by atoms with Gasteiger partial charge in [-0.1, -0.05) is 29.8 Å². The molecule has 0 radical (unpaired) electrons. The van der Waals surface area contributed by atoms with E-state index >= 15 is 0 Å². The molecule has 25 nitrogen and oxygen atoms in total. The van der Waals surface area contributed by atoms with E-state index < -0.39 is 53.7 Å². The van der Waals surface area contributed by atoms with Crippen molar-refractivity contribution < 1.29 is 79.6 Å². The van der Waals surface area contributed by atoms with E-state index in [1.807, 2.05) is 26.0 Å². The summed E-state index contributed by atoms with van der Waals surface area (Å²) in [4.78, 5) is 71.7. The fourth-order valence-electron chi connectivity index (χ4n) is 5.77. The molecule has 3 heterocycles. The molecule has 4 aromatic rings. The second-order valence-corrected chi connectivity index (χ2v) is 18.6. The van der Waals surface area contributed by atoms with Crippen LogP contribution in [0.1, 0.15) is 34.0 Å². The Bertz CT molecular complexity index is 2860. The number of nitrogens with one attached hydrogen (secondary N) is 2. The molecule has 0 bridgehead atoms. The summed E-state index contributed by atoms with van der Waals surface area (Å²) in [5.41, 5.74) is 2.09. The van der Waals surface area contributed by atoms with Gasteiger partial charge < -0.3 is 58.0 Å². The molecule has 2 aromatic heterocycles. The molecule has 374 valence electrons. The molecule has 1 aliphatic heterocycles. The monoisotopic (exact) mass is 1030 g/mol. The fourth-order valence-corrected chi connectivity index (χ4v) is 8.80. The Balaban J connectivity index is 0.877. The van der Waals surface area contributed by atoms with Gasteiger partial charge in [0.1, 0.15) is 30.6 Å². The second-order valence-electron chi connectivity index (χ2n) is 14.2. The summed E-state index contributed by atoms with van der Waals surface area (Å²) in [7, 11) is -16.7. The Labute approximate surface area is 399 Å². The van der Waals surface area contributed by atoms with Crippen LogP contribution in [0.3, 0.4) is 0 Å². The minimum absolute atomic E-state index is 0.0748. The van der Waals surface area contributed by atoms with E-state index in [9.17, 15) is 33.1 Å². The van der Waals surface area contributed by atoms with E-state index in [1.54, 1.807) is 36.5 Å². The predicted octanol–water partition coefficient (Wildman–Crippen LogP) is 3.63. The molecule has 0 spiro atoms. The van der Waals surface area contributed by atoms with Crippen LogP contribution in [0.2, 0.25) is 0 Å². The largest absolute Gasteiger partial charge is 0.490 e. The number of aromatic amines is 1. The van der Waals surface area contributed by atoms with Crippen molar-refractivity contribution in [1.82, 2.24) is 19.5 Å². The average molecular weight is 1030 g/mol. The lowest BCUT2D eigenvalue weighted by atomic mass is 10.1. The number of phosphoric ester groups is 1. The van der Waals surface area contributed by atoms with Crippen LogP contribution in [-0.2, 0) is 55.3 Å². The van der Waals surface area contributed by atoms with Gasteiger partial charge in [0.25, 0.3) is 5.56 Å². The number of benzene rings is 2. The summed E-state index contributed by atoms with van der Waals surface area (Å²) in [5, 5.41) is 12.1. The van der Waals surface area contributed by atoms with Gasteiger partial charge >= 0.3 is 29.2 Å². The zero-order chi connectivity index (χ0) is 50.6. The van der Waals surface area contributed by atoms with Gasteiger partial charge in [0, 0.05) is 29.7 Å². The van der Waals surface area contributed by atoms with Crippen molar-refractivity contribution >= 4 is 35.1 Å². The van der Waals surface area contributed by atoms with Gasteiger partial charge in [-0.05, 0) is 67.4 Å². The Morgan fingerprint density at radius 1 is 0.786 bits per heavy atom. The van der Waals surface area contributed by atoms with E-state index in [-0.39, 0.29) is 32.0 Å². The smallest absolute Gasteiger partial charge is 0.438 e. The molecule has 0 saturated carbocycles. The molecule has 0 fully saturated rings. The molecular formula is C42H47N6O19P3. The quantitative estimate of drug-likeness (QED) is 0.0226. The maximum absolute atomic E-state index is 12.4. The van der Waals surface area contributed by atoms with E-state index in [2.05, 4.69) is 63.2 Å². The van der Waals surface area contributed by atoms with Crippen molar-refractivity contribution in [3.8, 4) is 41.4 Å². The number of phosphoric acid groups is 3. The van der Waals surface area contributed by atoms with E-state index in [1.165, 1.54) is 12.2 Å². The minimum Gasteiger partial charge on any atom is -0.438 e. The van der Waals surface area contributed by atoms with Gasteiger partial charge in [-0.25, -0.2) is 23.5 Å². The first-order valence-electron chi connectivity index (χ1n) is 20.6. The van der Waals surface area contributed by atoms with Gasteiger partial charge in [-0.15, -0.1) is 0 Å². The standard InChI is InChI=1S/C42H47N6O19P3/c1-30-25-33(26-31(2)39(30)65-37-13-14-44-41(46-37)45-35-9-7-32(27-43)8-10-35)5-3-15-58-17-19-60-21-23-62-24-22-61-20-18-59-16-4-6-34-28-48(42(50)47-40(34)49)38-12-11-36(64-38)29-63-69(54,55)67-70(56,57)66-68(51,52)53/h7-14,25-26,28,36,38H,15-24,29H2,1-2H3,(H,54,55)(H,56,57)(H,44,45,46)(H,47,49,50)(H2,51,52,53)/t36-,38+/m0/s1. The minimum atomic E-state index is -5.71. The second kappa shape index (κ2) is 27.1. The fraction of sp³-hybridized carbons (Fsp3) is 0.357. The normalized spacial score (nSPS) is 16.0. The van der Waals surface area contributed by atoms with Crippen LogP contribution in [0.15, 0.2) is 76.6 Å². The topological polar surface area (TPSA) is 341 Å². The highest BCUT2D eigenvalue weighted by Gasteiger charge is 2.41. The molecular weight excluding hydrogens is 985 g/mol. The first kappa shape index (κ1) is 55.2. The molecule has 1 aliphatic rings. The van der Waals surface area contributed by atoms with Crippen molar-refractivity contribution in [2.75, 3.05) is 78.0 Å². The lowest BCUT2D eigenvalue weighted by Crippen LogP contribution is -2.34. The van der Waals surface area contributed by atoms with Crippen molar-refractivity contribution in [1.29, 1.82) is 5.26 Å². The van der Waals surface area contributed by atoms with Gasteiger partial charge in [-0.3, -0.25) is 18.9 Å². The van der Waals surface area contributed by atoms with Crippen LogP contribution in [0.5, 0.6) is 11.6 Å². The van der Waals surface area contributed by atoms with Gasteiger partial charge in [0.15, 0.2) is 6.23 Å². The average Bonchev–Trinajstić information content (AvgIpc) is 3.76. The number of anilines is 2. The molecule has 4 atom stereocenters. The number of nitriles is 1. The summed E-state index contributed by atoms with van der Waals surface area (Å²) >= 11 is 0. The molecule has 70 heavy (non-hydrogen) atoms. The zero-order valence-electron chi connectivity index (χ0n) is 37.3. The molecule has 28 heteroatoms. The van der Waals surface area contributed by atoms with Gasteiger partial charge in [0.2, 0.25) is 11.8 Å². The summed E-state index contributed by atoms with van der Waals surface area (Å²) in [6.45, 7) is 5.73. The van der Waals surface area contributed by atoms with Crippen LogP contribution in [0.25, 0.3) is 0 Å². The first-order valence-corrected chi connectivity index (χ1v) is 25.1. The first-order chi connectivity index (χ1) is 33.4. The van der Waals surface area contributed by atoms with E-state index in [4.69, 9.17) is 48.2 Å². The third kappa shape index (κ3) is 19.6. The predicted molar refractivity (Wildman–Crippen MR) is 245 cm³/mol. The number of hydrogen-bond donors (Lipinski definition) is 6. The number of aromatic nitrogens is 4. The number of ether oxygens (including phenoxy) is 7. The summed E-state index contributed by atoms with van der Waals surface area (Å²) in [6.07, 6.45) is 3.09. The molecule has 2 aromatic carbocycles. The van der Waals surface area contributed by atoms with Crippen molar-refractivity contribution in [2.45, 2.75) is 26.2 Å². The van der Waals surface area contributed by atoms with Crippen LogP contribution in [-0.4, -0.2) is 118 Å². The summed E-state index contributed by atoms with van der Waals surface area (Å²) < 4.78 is 86.1. The highest BCUT2D eigenvalue weighted by atomic mass is 31.3. The molecule has 2 unspecified atom stereocenters. The van der Waals surface area contributed by atoms with Crippen molar-refractivity contribution in [3.05, 3.63) is 116 Å². The number of aryl methyl sites for hydroxylation is 2. The van der Waals surface area contributed by atoms with Crippen molar-refractivity contribution in [3.63, 3.8) is 0 Å². The van der Waals surface area contributed by atoms with Crippen molar-refractivity contribution in [2.24, 2.45) is 0 Å². The SMILES string of the molecule is Cc1cc(C#CCOCCOCCOCCOCCOCC#Cc2cn([C@H]3C=C[C@@H](COP(=O)(O)OP(=O)(O)OP(=O)(O)O)O3)c(=O)[nH]c2=O)cc(C)c1Oc1ccnc(Nc2ccc(C#N)cc2)n1. The van der Waals surface area contributed by atoms with Crippen LogP contribution in [0.4, 0.5) is 11.6 Å². The lowest BCUT2D eigenvalue weighted by molar-refractivity contribution is -0.0104. The Kier molecular flexibility index (Phi) is 21.4. The third-order valence-corrected chi connectivity index (χ3v) is 12.5. The molecule has 0 amide bonds. The molecule has 5 rings (SSSR count). The summed E-state index contributed by atoms with van der Waals surface area (Å²) in [6, 6.07) is 14.5. The van der Waals surface area contributed by atoms with Crippen LogP contribution < -0.4 is 21.3 Å².